The molecule has 1 N–H and O–H groups in total. The van der Waals surface area contributed by atoms with Crippen molar-refractivity contribution in [3.63, 3.8) is 0 Å². The fourth-order valence-corrected chi connectivity index (χ4v) is 9.01. The zero-order chi connectivity index (χ0) is 33.3. The molecule has 0 unspecified atom stereocenters. The topological polar surface area (TPSA) is 37.3 Å². The van der Waals surface area contributed by atoms with Crippen molar-refractivity contribution in [2.45, 2.75) is 246 Å². The van der Waals surface area contributed by atoms with Crippen LogP contribution in [0.4, 0.5) is 0 Å². The van der Waals surface area contributed by atoms with E-state index in [1.54, 1.807) is 18.5 Å². The molecular formula is C42H87O2PSn. The molecule has 0 heterocycles. The van der Waals surface area contributed by atoms with Crippen LogP contribution in [0, 0.1) is 0 Å². The molecule has 0 rings (SSSR count). The molecule has 0 spiro atoms. The summed E-state index contributed by atoms with van der Waals surface area (Å²) in [4.78, 5) is 10.3. The molecule has 4 heteroatoms. The van der Waals surface area contributed by atoms with Gasteiger partial charge < -0.3 is 5.11 Å². The van der Waals surface area contributed by atoms with E-state index in [1.165, 1.54) is 199 Å². The molecule has 0 saturated carbocycles. The van der Waals surface area contributed by atoms with Gasteiger partial charge >= 0.3 is 5.97 Å². The Hall–Kier alpha value is 0.699. The molecule has 0 atom stereocenters. The summed E-state index contributed by atoms with van der Waals surface area (Å²) in [6.07, 6.45) is 51.4. The van der Waals surface area contributed by atoms with E-state index in [9.17, 15) is 4.79 Å². The smallest absolute Gasteiger partial charge is 0.303 e. The third kappa shape index (κ3) is 49.1. The van der Waals surface area contributed by atoms with E-state index in [4.69, 9.17) is 5.11 Å². The summed E-state index contributed by atoms with van der Waals surface area (Å²) in [6.45, 7) is 9.23. The van der Waals surface area contributed by atoms with Crippen molar-refractivity contribution < 1.29 is 9.90 Å². The second kappa shape index (κ2) is 47.8. The van der Waals surface area contributed by atoms with Crippen LogP contribution in [-0.2, 0) is 4.79 Å². The number of carboxylic acids is 1. The van der Waals surface area contributed by atoms with Gasteiger partial charge in [-0.1, -0.05) is 214 Å². The summed E-state index contributed by atoms with van der Waals surface area (Å²) >= 11 is 0. The Kier molecular flexibility index (Phi) is 53.1. The first-order chi connectivity index (χ1) is 22.1. The predicted octanol–water partition coefficient (Wildman–Crippen LogP) is 15.5. The predicted molar refractivity (Wildman–Crippen MR) is 215 cm³/mol. The Morgan fingerprint density at radius 3 is 0.761 bits per heavy atom. The van der Waals surface area contributed by atoms with Crippen molar-refractivity contribution in [3.05, 3.63) is 0 Å². The van der Waals surface area contributed by atoms with Gasteiger partial charge in [-0.15, -0.1) is 7.92 Å². The average Bonchev–Trinajstić information content (AvgIpc) is 3.03. The van der Waals surface area contributed by atoms with Crippen LogP contribution in [0.1, 0.15) is 246 Å². The molecule has 0 aliphatic rings. The molecule has 2 nitrogen and oxygen atoms in total. The van der Waals surface area contributed by atoms with Gasteiger partial charge in [0, 0.05) is 30.3 Å². The second-order valence-corrected chi connectivity index (χ2v) is 16.9. The van der Waals surface area contributed by atoms with Crippen molar-refractivity contribution in [2.24, 2.45) is 0 Å². The maximum Gasteiger partial charge on any atom is 0.303 e. The second-order valence-electron chi connectivity index (χ2n) is 14.2. The van der Waals surface area contributed by atoms with Gasteiger partial charge in [0.2, 0.25) is 0 Å². The molecule has 46 heavy (non-hydrogen) atoms. The zero-order valence-electron chi connectivity index (χ0n) is 32.5. The first kappa shape index (κ1) is 51.1. The monoisotopic (exact) mass is 775 g/mol. The largest absolute Gasteiger partial charge is 0.481 e. The number of hydrogen-bond donors (Lipinski definition) is 1. The van der Waals surface area contributed by atoms with E-state index in [0.29, 0.717) is 14.3 Å². The summed E-state index contributed by atoms with van der Waals surface area (Å²) in [5.74, 6) is -0.653. The van der Waals surface area contributed by atoms with Gasteiger partial charge in [-0.05, 0) is 44.2 Å². The molecule has 0 aliphatic carbocycles. The van der Waals surface area contributed by atoms with Crippen LogP contribution in [0.5, 0.6) is 0 Å². The van der Waals surface area contributed by atoms with Gasteiger partial charge in [0.1, 0.15) is 0 Å². The Morgan fingerprint density at radius 2 is 0.543 bits per heavy atom. The van der Waals surface area contributed by atoms with E-state index >= 15 is 0 Å². The standard InChI is InChI=1S/C24H51P.C18H36O2.Sn/c1-4-7-10-13-16-19-22-25(23-20-17-14-11-8-5-2)24-21-18-15-12-9-6-3;1-2-3-4-5-6-7-8-9-10-11-12-13-14-15-16-17-18(19)20;/h4-24H2,1-3H3;2-17H2,1H3,(H,19,20);. The molecule has 0 fully saturated rings. The first-order valence-corrected chi connectivity index (χ1v) is 23.0. The molecular weight excluding hydrogens is 686 g/mol. The first-order valence-electron chi connectivity index (χ1n) is 21.1. The van der Waals surface area contributed by atoms with E-state index in [-0.39, 0.29) is 23.9 Å². The molecule has 0 amide bonds. The van der Waals surface area contributed by atoms with E-state index in [2.05, 4.69) is 27.7 Å². The van der Waals surface area contributed by atoms with Crippen LogP contribution in [0.25, 0.3) is 0 Å². The molecule has 0 bridgehead atoms. The van der Waals surface area contributed by atoms with Crippen molar-refractivity contribution in [3.8, 4) is 0 Å². The van der Waals surface area contributed by atoms with Crippen molar-refractivity contribution >= 4 is 37.8 Å². The number of rotatable bonds is 37. The van der Waals surface area contributed by atoms with Gasteiger partial charge in [-0.3, -0.25) is 4.79 Å². The van der Waals surface area contributed by atoms with Crippen molar-refractivity contribution in [1.29, 1.82) is 0 Å². The van der Waals surface area contributed by atoms with Crippen LogP contribution >= 0.6 is 7.92 Å². The van der Waals surface area contributed by atoms with Crippen LogP contribution in [0.3, 0.4) is 0 Å². The summed E-state index contributed by atoms with van der Waals surface area (Å²) in [7, 11) is 0.366. The Balaban J connectivity index is -0.000000806. The van der Waals surface area contributed by atoms with E-state index in [0.717, 1.165) is 12.8 Å². The van der Waals surface area contributed by atoms with Crippen LogP contribution < -0.4 is 0 Å². The fourth-order valence-electron chi connectivity index (χ4n) is 6.33. The summed E-state index contributed by atoms with van der Waals surface area (Å²) in [5, 5.41) is 8.52. The van der Waals surface area contributed by atoms with Crippen LogP contribution in [0.15, 0.2) is 0 Å². The molecule has 276 valence electrons. The summed E-state index contributed by atoms with van der Waals surface area (Å²) in [6, 6.07) is 0. The van der Waals surface area contributed by atoms with E-state index < -0.39 is 5.97 Å². The van der Waals surface area contributed by atoms with Gasteiger partial charge in [-0.2, -0.15) is 0 Å². The minimum atomic E-state index is -0.653. The molecule has 0 aliphatic heterocycles. The quantitative estimate of drug-likeness (QED) is 0.0388. The van der Waals surface area contributed by atoms with Gasteiger partial charge in [-0.25, -0.2) is 0 Å². The molecule has 0 aromatic rings. The van der Waals surface area contributed by atoms with Crippen molar-refractivity contribution in [2.75, 3.05) is 18.5 Å². The van der Waals surface area contributed by atoms with Crippen LogP contribution in [-0.4, -0.2) is 53.5 Å². The summed E-state index contributed by atoms with van der Waals surface area (Å²) in [5.41, 5.74) is 0. The minimum Gasteiger partial charge on any atom is -0.481 e. The molecule has 0 aromatic carbocycles. The molecule has 0 saturated heterocycles. The molecule has 0 aromatic heterocycles. The fraction of sp³-hybridized carbons (Fsp3) is 0.976. The average molecular weight is 774 g/mol. The number of carboxylic acid groups (broad SMARTS) is 1. The SMILES string of the molecule is CCCCCCCCCCCCCCCCCC(=O)O.CCCCCCCCP(CCCCCCCC)CCCCCCCC.[Sn]. The Labute approximate surface area is 310 Å². The van der Waals surface area contributed by atoms with Gasteiger partial charge in [0.15, 0.2) is 0 Å². The van der Waals surface area contributed by atoms with Crippen LogP contribution in [0.2, 0.25) is 0 Å². The summed E-state index contributed by atoms with van der Waals surface area (Å²) < 4.78 is 0. The third-order valence-corrected chi connectivity index (χ3v) is 12.3. The number of unbranched alkanes of at least 4 members (excludes halogenated alkanes) is 29. The number of carbonyl (C=O) groups is 1. The van der Waals surface area contributed by atoms with Crippen molar-refractivity contribution in [1.82, 2.24) is 0 Å². The van der Waals surface area contributed by atoms with Gasteiger partial charge in [0.05, 0.1) is 0 Å². The Bertz CT molecular complexity index is 492. The van der Waals surface area contributed by atoms with E-state index in [1.807, 2.05) is 0 Å². The molecule has 4 radical (unpaired) electrons. The maximum atomic E-state index is 10.3. The maximum absolute atomic E-state index is 10.3. The third-order valence-electron chi connectivity index (χ3n) is 9.48. The number of hydrogen-bond acceptors (Lipinski definition) is 1. The Morgan fingerprint density at radius 1 is 0.348 bits per heavy atom. The minimum absolute atomic E-state index is 0. The zero-order valence-corrected chi connectivity index (χ0v) is 36.2. The normalized spacial score (nSPS) is 11.0. The number of aliphatic carboxylic acids is 1. The van der Waals surface area contributed by atoms with Gasteiger partial charge in [0.25, 0.3) is 0 Å².